The Balaban J connectivity index is 1.27. The fourth-order valence-corrected chi connectivity index (χ4v) is 5.06. The number of benzene rings is 1. The molecule has 3 fully saturated rings. The highest BCUT2D eigenvalue weighted by molar-refractivity contribution is 5.68. The first-order valence-corrected chi connectivity index (χ1v) is 12.5. The number of hydrogen-bond acceptors (Lipinski definition) is 9. The zero-order valence-corrected chi connectivity index (χ0v) is 20.8. The Hall–Kier alpha value is -3.07. The minimum atomic E-state index is -0.516. The number of methoxy groups -OCH3 is 1. The van der Waals surface area contributed by atoms with Gasteiger partial charge in [0.25, 0.3) is 0 Å². The van der Waals surface area contributed by atoms with Crippen molar-refractivity contribution in [1.29, 1.82) is 5.26 Å². The molecule has 1 aromatic rings. The lowest BCUT2D eigenvalue weighted by atomic mass is 10.1. The van der Waals surface area contributed by atoms with Gasteiger partial charge < -0.3 is 29.2 Å². The molecule has 3 aliphatic rings. The fourth-order valence-electron chi connectivity index (χ4n) is 5.06. The van der Waals surface area contributed by atoms with E-state index in [0.717, 1.165) is 45.7 Å². The topological polar surface area (TPSA) is 117 Å². The van der Waals surface area contributed by atoms with Gasteiger partial charge in [-0.3, -0.25) is 9.80 Å². The second-order valence-electron chi connectivity index (χ2n) is 9.34. The molecule has 3 atom stereocenters. The first-order valence-electron chi connectivity index (χ1n) is 12.5. The molecule has 0 spiro atoms. The zero-order chi connectivity index (χ0) is 25.3. The molecule has 0 saturated carbocycles. The molecule has 2 amide bonds. The fraction of sp³-hybridized carbons (Fsp3) is 0.640. The summed E-state index contributed by atoms with van der Waals surface area (Å²) in [4.78, 5) is 31.1. The molecule has 2 bridgehead atoms. The van der Waals surface area contributed by atoms with Gasteiger partial charge in [-0.2, -0.15) is 5.26 Å². The van der Waals surface area contributed by atoms with Crippen molar-refractivity contribution in [2.75, 3.05) is 72.8 Å². The largest absolute Gasteiger partial charge is 0.491 e. The van der Waals surface area contributed by atoms with E-state index in [4.69, 9.17) is 24.2 Å². The molecule has 3 heterocycles. The summed E-state index contributed by atoms with van der Waals surface area (Å²) in [7, 11) is 1.33. The maximum Gasteiger partial charge on any atom is 0.409 e. The minimum absolute atomic E-state index is 0.201. The summed E-state index contributed by atoms with van der Waals surface area (Å²) in [6, 6.07) is 9.04. The Kier molecular flexibility index (Phi) is 9.22. The average molecular weight is 502 g/mol. The molecule has 1 N–H and O–H groups in total. The van der Waals surface area contributed by atoms with Crippen LogP contribution in [-0.2, 0) is 14.2 Å². The number of morpholine rings is 1. The number of carbonyl (C=O) groups is 2. The van der Waals surface area contributed by atoms with E-state index in [1.807, 2.05) is 4.90 Å². The number of nitrogens with one attached hydrogen (secondary N) is 1. The van der Waals surface area contributed by atoms with E-state index in [9.17, 15) is 9.59 Å². The number of rotatable bonds is 9. The van der Waals surface area contributed by atoms with Crippen LogP contribution in [-0.4, -0.2) is 118 Å². The van der Waals surface area contributed by atoms with Gasteiger partial charge in [0.15, 0.2) is 0 Å². The van der Waals surface area contributed by atoms with Gasteiger partial charge in [0.1, 0.15) is 19.0 Å². The first kappa shape index (κ1) is 26.0. The van der Waals surface area contributed by atoms with Crippen LogP contribution in [0.4, 0.5) is 9.59 Å². The van der Waals surface area contributed by atoms with E-state index in [-0.39, 0.29) is 30.8 Å². The van der Waals surface area contributed by atoms with Crippen molar-refractivity contribution in [2.45, 2.75) is 31.0 Å². The lowest BCUT2D eigenvalue weighted by Crippen LogP contribution is -2.59. The highest BCUT2D eigenvalue weighted by atomic mass is 16.6. The predicted octanol–water partition coefficient (Wildman–Crippen LogP) is 1.28. The van der Waals surface area contributed by atoms with E-state index in [2.05, 4.69) is 21.2 Å². The molecule has 196 valence electrons. The maximum atomic E-state index is 12.7. The summed E-state index contributed by atoms with van der Waals surface area (Å²) in [6.07, 6.45) is 1.21. The second kappa shape index (κ2) is 12.8. The number of alkyl carbamates (subject to hydrolysis) is 1. The van der Waals surface area contributed by atoms with Crippen LogP contribution in [0.5, 0.6) is 5.75 Å². The molecule has 11 heteroatoms. The number of ether oxygens (including phenoxy) is 4. The molecular weight excluding hydrogens is 466 g/mol. The lowest BCUT2D eigenvalue weighted by molar-refractivity contribution is 0.0160. The summed E-state index contributed by atoms with van der Waals surface area (Å²) >= 11 is 0. The van der Waals surface area contributed by atoms with Crippen LogP contribution in [0, 0.1) is 11.3 Å². The predicted molar refractivity (Wildman–Crippen MR) is 130 cm³/mol. The molecule has 3 saturated heterocycles. The first-order chi connectivity index (χ1) is 17.6. The smallest absolute Gasteiger partial charge is 0.409 e. The lowest BCUT2D eigenvalue weighted by Gasteiger charge is -2.41. The Morgan fingerprint density at radius 3 is 2.50 bits per heavy atom. The number of likely N-dealkylation sites (tertiary alicyclic amines) is 1. The van der Waals surface area contributed by atoms with Crippen LogP contribution < -0.4 is 10.1 Å². The minimum Gasteiger partial charge on any atom is -0.491 e. The van der Waals surface area contributed by atoms with Gasteiger partial charge in [-0.25, -0.2) is 9.59 Å². The number of nitriles is 1. The van der Waals surface area contributed by atoms with Crippen LogP contribution >= 0.6 is 0 Å². The van der Waals surface area contributed by atoms with Gasteiger partial charge in [0.05, 0.1) is 38.0 Å². The van der Waals surface area contributed by atoms with Gasteiger partial charge >= 0.3 is 12.2 Å². The number of hydrogen-bond donors (Lipinski definition) is 1. The maximum absolute atomic E-state index is 12.7. The Morgan fingerprint density at radius 1 is 1.17 bits per heavy atom. The van der Waals surface area contributed by atoms with Crippen LogP contribution in [0.3, 0.4) is 0 Å². The number of amides is 2. The summed E-state index contributed by atoms with van der Waals surface area (Å²) < 4.78 is 21.6. The number of piperazine rings is 1. The van der Waals surface area contributed by atoms with Gasteiger partial charge in [0, 0.05) is 51.4 Å². The van der Waals surface area contributed by atoms with Crippen molar-refractivity contribution in [1.82, 2.24) is 20.0 Å². The van der Waals surface area contributed by atoms with E-state index >= 15 is 0 Å². The van der Waals surface area contributed by atoms with Crippen molar-refractivity contribution in [3.63, 3.8) is 0 Å². The molecular formula is C25H35N5O6. The van der Waals surface area contributed by atoms with Crippen LogP contribution in [0.25, 0.3) is 0 Å². The van der Waals surface area contributed by atoms with Crippen molar-refractivity contribution >= 4 is 12.2 Å². The highest BCUT2D eigenvalue weighted by Gasteiger charge is 2.42. The summed E-state index contributed by atoms with van der Waals surface area (Å²) in [5.41, 5.74) is 0.556. The number of carbonyl (C=O) groups excluding carboxylic acids is 2. The third-order valence-electron chi connectivity index (χ3n) is 7.00. The molecule has 3 aliphatic heterocycles. The van der Waals surface area contributed by atoms with Crippen LogP contribution in [0.1, 0.15) is 18.4 Å². The third-order valence-corrected chi connectivity index (χ3v) is 7.00. The van der Waals surface area contributed by atoms with Crippen molar-refractivity contribution in [3.05, 3.63) is 29.8 Å². The summed E-state index contributed by atoms with van der Waals surface area (Å²) in [5, 5.41) is 11.8. The molecule has 2 unspecified atom stereocenters. The molecule has 1 aromatic carbocycles. The molecule has 36 heavy (non-hydrogen) atoms. The van der Waals surface area contributed by atoms with E-state index in [0.29, 0.717) is 37.6 Å². The van der Waals surface area contributed by atoms with Crippen molar-refractivity contribution in [3.8, 4) is 11.8 Å². The molecule has 0 radical (unpaired) electrons. The standard InChI is InChI=1S/C25H35N5O6/c1-33-24(31)27-20(18-36-23-6-2-19(14-26)3-7-23)15-30-21-4-5-22(30)17-29(16-21)25(32)35-13-10-28-8-11-34-12-9-28/h2-3,6-7,20-22H,4-5,8-13,15-18H2,1H3,(H,27,31)/t20-,21?,22?/m0/s1. The van der Waals surface area contributed by atoms with Crippen molar-refractivity contribution in [2.24, 2.45) is 0 Å². The highest BCUT2D eigenvalue weighted by Crippen LogP contribution is 2.30. The number of fused-ring (bicyclic) bond motifs is 2. The molecule has 0 aliphatic carbocycles. The SMILES string of the molecule is COC(=O)N[C@H](COc1ccc(C#N)cc1)CN1C2CCC1CN(C(=O)OCCN1CCOCC1)C2. The zero-order valence-electron chi connectivity index (χ0n) is 20.8. The molecule has 4 rings (SSSR count). The van der Waals surface area contributed by atoms with Gasteiger partial charge in [-0.1, -0.05) is 0 Å². The third kappa shape index (κ3) is 7.00. The quantitative estimate of drug-likeness (QED) is 0.534. The average Bonchev–Trinajstić information content (AvgIpc) is 3.13. The van der Waals surface area contributed by atoms with Crippen LogP contribution in [0.2, 0.25) is 0 Å². The summed E-state index contributed by atoms with van der Waals surface area (Å²) in [5.74, 6) is 0.623. The van der Waals surface area contributed by atoms with Crippen molar-refractivity contribution < 1.29 is 28.5 Å². The monoisotopic (exact) mass is 501 g/mol. The number of nitrogens with zero attached hydrogens (tertiary/aromatic N) is 4. The second-order valence-corrected chi connectivity index (χ2v) is 9.34. The Morgan fingerprint density at radius 2 is 1.86 bits per heavy atom. The molecule has 11 nitrogen and oxygen atoms in total. The van der Waals surface area contributed by atoms with Gasteiger partial charge in [-0.05, 0) is 37.1 Å². The van der Waals surface area contributed by atoms with Gasteiger partial charge in [0.2, 0.25) is 0 Å². The Labute approximate surface area is 211 Å². The van der Waals surface area contributed by atoms with E-state index in [1.54, 1.807) is 24.3 Å². The normalized spacial score (nSPS) is 22.9. The van der Waals surface area contributed by atoms with Crippen LogP contribution in [0.15, 0.2) is 24.3 Å². The van der Waals surface area contributed by atoms with E-state index in [1.165, 1.54) is 7.11 Å². The summed E-state index contributed by atoms with van der Waals surface area (Å²) in [6.45, 7) is 6.35. The van der Waals surface area contributed by atoms with Gasteiger partial charge in [-0.15, -0.1) is 0 Å². The molecule has 0 aromatic heterocycles. The van der Waals surface area contributed by atoms with E-state index < -0.39 is 6.09 Å². The Bertz CT molecular complexity index is 903.